The summed E-state index contributed by atoms with van der Waals surface area (Å²) in [4.78, 5) is 10.2. The van der Waals surface area contributed by atoms with Crippen LogP contribution in [0.3, 0.4) is 0 Å². The topological polar surface area (TPSA) is 79.8 Å². The van der Waals surface area contributed by atoms with Gasteiger partial charge in [0.15, 0.2) is 0 Å². The second-order valence-corrected chi connectivity index (χ2v) is 8.53. The van der Waals surface area contributed by atoms with Crippen LogP contribution in [0.15, 0.2) is 30.3 Å². The molecule has 4 heterocycles. The number of nitrogens with one attached hydrogen (secondary N) is 1. The summed E-state index contributed by atoms with van der Waals surface area (Å²) in [6.45, 7) is 3.65. The molecular weight excluding hydrogens is 441 g/mol. The van der Waals surface area contributed by atoms with E-state index >= 15 is 0 Å². The Balaban J connectivity index is 1.40. The Morgan fingerprint density at radius 3 is 2.68 bits per heavy atom. The van der Waals surface area contributed by atoms with Gasteiger partial charge in [0.05, 0.1) is 48.8 Å². The molecule has 1 aromatic carbocycles. The molecule has 7 nitrogen and oxygen atoms in total. The first kappa shape index (κ1) is 20.8. The summed E-state index contributed by atoms with van der Waals surface area (Å²) in [6, 6.07) is 10.0. The van der Waals surface area contributed by atoms with Crippen LogP contribution < -0.4 is 9.64 Å². The summed E-state index contributed by atoms with van der Waals surface area (Å²) in [5.74, 6) is 0.437. The molecule has 2 fully saturated rings. The number of hydrogen-bond acceptors (Lipinski definition) is 6. The summed E-state index contributed by atoms with van der Waals surface area (Å²) in [6.07, 6.45) is 0.232. The number of aromatic amines is 1. The van der Waals surface area contributed by atoms with E-state index in [1.54, 1.807) is 0 Å². The summed E-state index contributed by atoms with van der Waals surface area (Å²) < 4.78 is 16.9. The van der Waals surface area contributed by atoms with Gasteiger partial charge in [0, 0.05) is 30.8 Å². The maximum Gasteiger partial charge on any atom is 0.213 e. The Kier molecular flexibility index (Phi) is 5.95. The molecule has 2 saturated heterocycles. The van der Waals surface area contributed by atoms with Crippen molar-refractivity contribution in [2.75, 3.05) is 44.4 Å². The van der Waals surface area contributed by atoms with Crippen molar-refractivity contribution in [2.45, 2.75) is 18.6 Å². The third kappa shape index (κ3) is 4.21. The number of nitrogens with zero attached hydrogens (tertiary/aromatic N) is 2. The van der Waals surface area contributed by atoms with E-state index in [9.17, 15) is 5.11 Å². The summed E-state index contributed by atoms with van der Waals surface area (Å²) in [5.41, 5.74) is 4.04. The molecule has 9 heteroatoms. The van der Waals surface area contributed by atoms with Crippen molar-refractivity contribution in [3.8, 4) is 17.1 Å². The fourth-order valence-corrected chi connectivity index (χ4v) is 4.52. The van der Waals surface area contributed by atoms with E-state index in [4.69, 9.17) is 42.4 Å². The number of morpholine rings is 1. The molecule has 0 aliphatic carbocycles. The van der Waals surface area contributed by atoms with Crippen LogP contribution in [0.1, 0.15) is 6.42 Å². The van der Waals surface area contributed by atoms with E-state index in [2.05, 4.69) is 22.0 Å². The van der Waals surface area contributed by atoms with Crippen LogP contribution in [-0.2, 0) is 9.47 Å². The van der Waals surface area contributed by atoms with Gasteiger partial charge in [-0.25, -0.2) is 4.98 Å². The molecule has 0 spiro atoms. The van der Waals surface area contributed by atoms with E-state index in [0.29, 0.717) is 45.7 Å². The Labute approximate surface area is 189 Å². The van der Waals surface area contributed by atoms with Crippen LogP contribution in [-0.4, -0.2) is 66.8 Å². The first-order chi connectivity index (χ1) is 15.1. The normalized spacial score (nSPS) is 21.7. The van der Waals surface area contributed by atoms with Gasteiger partial charge in [-0.15, -0.1) is 0 Å². The van der Waals surface area contributed by atoms with Gasteiger partial charge in [0.25, 0.3) is 0 Å². The lowest BCUT2D eigenvalue weighted by Gasteiger charge is -2.28. The Morgan fingerprint density at radius 1 is 1.19 bits per heavy atom. The molecule has 5 rings (SSSR count). The molecular formula is C22H23Cl2N3O4. The van der Waals surface area contributed by atoms with Crippen LogP contribution in [0.2, 0.25) is 10.0 Å². The number of H-pyrrole nitrogens is 1. The Hall–Kier alpha value is -2.03. The molecule has 0 radical (unpaired) electrons. The second kappa shape index (κ2) is 8.84. The van der Waals surface area contributed by atoms with Gasteiger partial charge in [0.2, 0.25) is 5.88 Å². The number of aromatic nitrogens is 2. The number of benzene rings is 1. The number of fused-ring (bicyclic) bond motifs is 1. The van der Waals surface area contributed by atoms with Crippen LogP contribution in [0.4, 0.5) is 5.69 Å². The monoisotopic (exact) mass is 463 g/mol. The molecule has 2 aliphatic heterocycles. The molecule has 2 atom stereocenters. The predicted octanol–water partition coefficient (Wildman–Crippen LogP) is 3.90. The molecule has 0 unspecified atom stereocenters. The van der Waals surface area contributed by atoms with E-state index in [0.717, 1.165) is 37.6 Å². The lowest BCUT2D eigenvalue weighted by molar-refractivity contribution is 0.0531. The maximum absolute atomic E-state index is 9.23. The smallest absolute Gasteiger partial charge is 0.213 e. The number of aliphatic hydroxyl groups is 1. The summed E-state index contributed by atoms with van der Waals surface area (Å²) in [7, 11) is 0. The van der Waals surface area contributed by atoms with E-state index in [1.807, 2.05) is 18.2 Å². The van der Waals surface area contributed by atoms with Crippen LogP contribution in [0.5, 0.6) is 5.88 Å². The third-order valence-corrected chi connectivity index (χ3v) is 6.32. The fourth-order valence-electron chi connectivity index (χ4n) is 4.02. The summed E-state index contributed by atoms with van der Waals surface area (Å²) >= 11 is 13.1. The highest BCUT2D eigenvalue weighted by molar-refractivity contribution is 6.37. The van der Waals surface area contributed by atoms with Crippen molar-refractivity contribution in [1.29, 1.82) is 0 Å². The van der Waals surface area contributed by atoms with Gasteiger partial charge in [-0.1, -0.05) is 35.3 Å². The largest absolute Gasteiger partial charge is 0.472 e. The average Bonchev–Trinajstić information content (AvgIpc) is 3.38. The van der Waals surface area contributed by atoms with Crippen LogP contribution >= 0.6 is 23.2 Å². The van der Waals surface area contributed by atoms with Gasteiger partial charge < -0.3 is 29.2 Å². The highest BCUT2D eigenvalue weighted by Crippen LogP contribution is 2.38. The van der Waals surface area contributed by atoms with Crippen molar-refractivity contribution >= 4 is 39.9 Å². The zero-order valence-electron chi connectivity index (χ0n) is 16.8. The molecule has 0 saturated carbocycles. The minimum absolute atomic E-state index is 0.0227. The molecule has 164 valence electrons. The van der Waals surface area contributed by atoms with Gasteiger partial charge in [0.1, 0.15) is 16.6 Å². The van der Waals surface area contributed by atoms with Crippen LogP contribution in [0, 0.1) is 0 Å². The molecule has 2 aliphatic rings. The van der Waals surface area contributed by atoms with Gasteiger partial charge in [-0.2, -0.15) is 0 Å². The van der Waals surface area contributed by atoms with Crippen molar-refractivity contribution in [3.63, 3.8) is 0 Å². The molecule has 3 aromatic rings. The van der Waals surface area contributed by atoms with Gasteiger partial charge >= 0.3 is 0 Å². The average molecular weight is 464 g/mol. The zero-order valence-corrected chi connectivity index (χ0v) is 18.3. The number of pyridine rings is 1. The van der Waals surface area contributed by atoms with E-state index in [-0.39, 0.29) is 18.8 Å². The van der Waals surface area contributed by atoms with Crippen LogP contribution in [0.25, 0.3) is 22.3 Å². The highest BCUT2D eigenvalue weighted by Gasteiger charge is 2.28. The maximum atomic E-state index is 9.23. The van der Waals surface area contributed by atoms with Crippen molar-refractivity contribution in [3.05, 3.63) is 40.4 Å². The van der Waals surface area contributed by atoms with Gasteiger partial charge in [-0.05, 0) is 18.2 Å². The van der Waals surface area contributed by atoms with Crippen molar-refractivity contribution in [1.82, 2.24) is 9.97 Å². The lowest BCUT2D eigenvalue weighted by atomic mass is 10.1. The van der Waals surface area contributed by atoms with E-state index in [1.165, 1.54) is 0 Å². The molecule has 0 amide bonds. The second-order valence-electron chi connectivity index (χ2n) is 7.74. The Bertz CT molecular complexity index is 1070. The molecule has 0 bridgehead atoms. The molecule has 2 N–H and O–H groups in total. The standard InChI is InChI=1S/C22H23Cl2N3O4/c23-17-10-18-21(19(24)22(25-18)31-16-9-15(11-28)30-12-16)26-20(17)13-1-3-14(4-2-13)27-5-7-29-8-6-27/h1-4,10,15-16,25,28H,5-9,11-12H2/t15-,16-/m0/s1. The number of rotatable bonds is 5. The first-order valence-electron chi connectivity index (χ1n) is 10.3. The number of aliphatic hydroxyl groups excluding tert-OH is 1. The van der Waals surface area contributed by atoms with Gasteiger partial charge in [-0.3, -0.25) is 0 Å². The number of anilines is 1. The molecule has 31 heavy (non-hydrogen) atoms. The van der Waals surface area contributed by atoms with Crippen molar-refractivity contribution < 1.29 is 19.3 Å². The predicted molar refractivity (Wildman–Crippen MR) is 120 cm³/mol. The highest BCUT2D eigenvalue weighted by atomic mass is 35.5. The van der Waals surface area contributed by atoms with Crippen molar-refractivity contribution in [2.24, 2.45) is 0 Å². The Morgan fingerprint density at radius 2 is 1.97 bits per heavy atom. The number of halogens is 2. The lowest BCUT2D eigenvalue weighted by Crippen LogP contribution is -2.36. The SMILES string of the molecule is OC[C@@H]1C[C@H](Oc2[nH]c3cc(Cl)c(-c4ccc(N5CCOCC5)cc4)nc3c2Cl)CO1. The first-order valence-corrected chi connectivity index (χ1v) is 11.1. The number of ether oxygens (including phenoxy) is 3. The third-order valence-electron chi connectivity index (χ3n) is 5.68. The summed E-state index contributed by atoms with van der Waals surface area (Å²) in [5, 5.41) is 10.2. The quantitative estimate of drug-likeness (QED) is 0.597. The minimum Gasteiger partial charge on any atom is -0.472 e. The minimum atomic E-state index is -0.201. The van der Waals surface area contributed by atoms with E-state index < -0.39 is 0 Å². The fraction of sp³-hybridized carbons (Fsp3) is 0.409. The molecule has 2 aromatic heterocycles. The number of hydrogen-bond donors (Lipinski definition) is 2. The zero-order chi connectivity index (χ0) is 21.4.